The number of hydrogen-bond donors (Lipinski definition) is 1. The molecule has 0 saturated carbocycles. The molecule has 11 heteroatoms. The third-order valence-electron chi connectivity index (χ3n) is 3.97. The van der Waals surface area contributed by atoms with E-state index in [4.69, 9.17) is 4.74 Å². The summed E-state index contributed by atoms with van der Waals surface area (Å²) in [7, 11) is 0. The van der Waals surface area contributed by atoms with E-state index in [1.165, 1.54) is 6.07 Å². The van der Waals surface area contributed by atoms with Crippen LogP contribution in [0.2, 0.25) is 0 Å². The lowest BCUT2D eigenvalue weighted by atomic mass is 10.2. The van der Waals surface area contributed by atoms with Gasteiger partial charge in [-0.1, -0.05) is 0 Å². The van der Waals surface area contributed by atoms with Gasteiger partial charge in [0, 0.05) is 26.2 Å². The first-order valence-corrected chi connectivity index (χ1v) is 9.40. The van der Waals surface area contributed by atoms with Crippen LogP contribution < -0.4 is 10.2 Å². The average Bonchev–Trinajstić information content (AvgIpc) is 2.60. The standard InChI is InChI=1S/C17H22BrFN4O5/c1-17(2,3)28-16(25)20-10-15(24)22-6-4-21(5-7-22)13-8-11(18)12(19)9-14(13)23(26)27/h8-9H,4-7,10H2,1-3H3,(H,20,25). The molecule has 154 valence electrons. The number of carbonyl (C=O) groups is 2. The summed E-state index contributed by atoms with van der Waals surface area (Å²) < 4.78 is 18.9. The van der Waals surface area contributed by atoms with Gasteiger partial charge >= 0.3 is 6.09 Å². The van der Waals surface area contributed by atoms with Crippen LogP contribution in [0.3, 0.4) is 0 Å². The number of carbonyl (C=O) groups excluding carboxylic acids is 2. The van der Waals surface area contributed by atoms with Gasteiger partial charge in [0.15, 0.2) is 0 Å². The number of nitro benzene ring substituents is 1. The highest BCUT2D eigenvalue weighted by atomic mass is 79.9. The molecule has 0 atom stereocenters. The van der Waals surface area contributed by atoms with E-state index in [1.807, 2.05) is 0 Å². The number of ether oxygens (including phenoxy) is 1. The average molecular weight is 461 g/mol. The van der Waals surface area contributed by atoms with Crippen molar-refractivity contribution in [3.8, 4) is 0 Å². The lowest BCUT2D eigenvalue weighted by Gasteiger charge is -2.36. The zero-order chi connectivity index (χ0) is 21.1. The lowest BCUT2D eigenvalue weighted by Crippen LogP contribution is -2.51. The minimum absolute atomic E-state index is 0.133. The molecular weight excluding hydrogens is 439 g/mol. The molecule has 1 N–H and O–H groups in total. The zero-order valence-corrected chi connectivity index (χ0v) is 17.4. The van der Waals surface area contributed by atoms with E-state index in [-0.39, 0.29) is 28.3 Å². The van der Waals surface area contributed by atoms with E-state index in [0.717, 1.165) is 6.07 Å². The second-order valence-corrected chi connectivity index (χ2v) is 8.09. The summed E-state index contributed by atoms with van der Waals surface area (Å²) in [6.45, 7) is 6.30. The molecule has 2 amide bonds. The molecule has 0 unspecified atom stereocenters. The number of hydrogen-bond acceptors (Lipinski definition) is 6. The third kappa shape index (κ3) is 5.78. The van der Waals surface area contributed by atoms with Crippen LogP contribution in [0.15, 0.2) is 16.6 Å². The Kier molecular flexibility index (Phi) is 6.81. The first kappa shape index (κ1) is 21.9. The molecule has 1 aromatic rings. The highest BCUT2D eigenvalue weighted by molar-refractivity contribution is 9.10. The predicted molar refractivity (Wildman–Crippen MR) is 104 cm³/mol. The first-order valence-electron chi connectivity index (χ1n) is 8.61. The van der Waals surface area contributed by atoms with Gasteiger partial charge in [0.2, 0.25) is 5.91 Å². The third-order valence-corrected chi connectivity index (χ3v) is 4.58. The second-order valence-electron chi connectivity index (χ2n) is 7.24. The fourth-order valence-electron chi connectivity index (χ4n) is 2.70. The van der Waals surface area contributed by atoms with Crippen LogP contribution in [0.25, 0.3) is 0 Å². The van der Waals surface area contributed by atoms with E-state index in [1.54, 1.807) is 30.6 Å². The quantitative estimate of drug-likeness (QED) is 0.546. The molecule has 0 radical (unpaired) electrons. The number of nitrogens with one attached hydrogen (secondary N) is 1. The van der Waals surface area contributed by atoms with Gasteiger partial charge in [0.1, 0.15) is 23.7 Å². The Bertz CT molecular complexity index is 776. The summed E-state index contributed by atoms with van der Waals surface area (Å²) in [4.78, 5) is 37.8. The second kappa shape index (κ2) is 8.72. The minimum atomic E-state index is -0.711. The van der Waals surface area contributed by atoms with Crippen molar-refractivity contribution in [1.29, 1.82) is 0 Å². The van der Waals surface area contributed by atoms with Crippen molar-refractivity contribution in [2.45, 2.75) is 26.4 Å². The highest BCUT2D eigenvalue weighted by Crippen LogP contribution is 2.33. The Morgan fingerprint density at radius 1 is 1.29 bits per heavy atom. The molecule has 9 nitrogen and oxygen atoms in total. The SMILES string of the molecule is CC(C)(C)OC(=O)NCC(=O)N1CCN(c2cc(Br)c(F)cc2[N+](=O)[O-])CC1. The van der Waals surface area contributed by atoms with Crippen molar-refractivity contribution < 1.29 is 23.6 Å². The fourth-order valence-corrected chi connectivity index (χ4v) is 3.03. The van der Waals surface area contributed by atoms with E-state index in [2.05, 4.69) is 21.2 Å². The van der Waals surface area contributed by atoms with Gasteiger partial charge in [0.05, 0.1) is 15.5 Å². The summed E-state index contributed by atoms with van der Waals surface area (Å²) in [6.07, 6.45) is -0.675. The van der Waals surface area contributed by atoms with Crippen molar-refractivity contribution in [2.75, 3.05) is 37.6 Å². The Hall–Kier alpha value is -2.43. The van der Waals surface area contributed by atoms with Crippen molar-refractivity contribution in [1.82, 2.24) is 10.2 Å². The van der Waals surface area contributed by atoms with Gasteiger partial charge in [-0.05, 0) is 42.8 Å². The normalized spacial score (nSPS) is 14.6. The summed E-state index contributed by atoms with van der Waals surface area (Å²) in [5.41, 5.74) is -0.694. The van der Waals surface area contributed by atoms with Crippen LogP contribution >= 0.6 is 15.9 Å². The van der Waals surface area contributed by atoms with Crippen LogP contribution in [0.4, 0.5) is 20.6 Å². The minimum Gasteiger partial charge on any atom is -0.444 e. The van der Waals surface area contributed by atoms with Gasteiger partial charge in [-0.15, -0.1) is 0 Å². The Labute approximate surface area is 170 Å². The monoisotopic (exact) mass is 460 g/mol. The van der Waals surface area contributed by atoms with Crippen LogP contribution in [-0.4, -0.2) is 60.1 Å². The van der Waals surface area contributed by atoms with Gasteiger partial charge in [-0.3, -0.25) is 14.9 Å². The van der Waals surface area contributed by atoms with Crippen LogP contribution in [0.1, 0.15) is 20.8 Å². The summed E-state index contributed by atoms with van der Waals surface area (Å²) >= 11 is 3.04. The lowest BCUT2D eigenvalue weighted by molar-refractivity contribution is -0.384. The molecule has 1 saturated heterocycles. The van der Waals surface area contributed by atoms with E-state index in [9.17, 15) is 24.1 Å². The maximum Gasteiger partial charge on any atom is 0.408 e. The number of halogens is 2. The summed E-state index contributed by atoms with van der Waals surface area (Å²) in [5, 5.41) is 13.6. The van der Waals surface area contributed by atoms with E-state index < -0.39 is 22.4 Å². The number of benzene rings is 1. The number of rotatable bonds is 4. The largest absolute Gasteiger partial charge is 0.444 e. The Morgan fingerprint density at radius 3 is 2.43 bits per heavy atom. The van der Waals surface area contributed by atoms with Crippen molar-refractivity contribution >= 4 is 39.3 Å². The molecule has 1 heterocycles. The van der Waals surface area contributed by atoms with Crippen molar-refractivity contribution in [3.05, 3.63) is 32.5 Å². The number of piperazine rings is 1. The first-order chi connectivity index (χ1) is 13.0. The fraction of sp³-hybridized carbons (Fsp3) is 0.529. The van der Waals surface area contributed by atoms with E-state index >= 15 is 0 Å². The van der Waals surface area contributed by atoms with Crippen LogP contribution in [-0.2, 0) is 9.53 Å². The van der Waals surface area contributed by atoms with Crippen molar-refractivity contribution in [2.24, 2.45) is 0 Å². The summed E-state index contributed by atoms with van der Waals surface area (Å²) in [5.74, 6) is -0.988. The predicted octanol–water partition coefficient (Wildman–Crippen LogP) is 2.67. The number of amides is 2. The summed E-state index contributed by atoms with van der Waals surface area (Å²) in [6, 6.07) is 2.25. The topological polar surface area (TPSA) is 105 Å². The molecule has 1 fully saturated rings. The van der Waals surface area contributed by atoms with Gasteiger partial charge in [-0.25, -0.2) is 9.18 Å². The van der Waals surface area contributed by atoms with Crippen LogP contribution in [0.5, 0.6) is 0 Å². The number of nitrogens with zero attached hydrogens (tertiary/aromatic N) is 3. The van der Waals surface area contributed by atoms with Gasteiger partial charge in [0.25, 0.3) is 5.69 Å². The smallest absolute Gasteiger partial charge is 0.408 e. The van der Waals surface area contributed by atoms with Crippen LogP contribution in [0, 0.1) is 15.9 Å². The number of alkyl carbamates (subject to hydrolysis) is 1. The molecule has 1 aliphatic heterocycles. The molecule has 28 heavy (non-hydrogen) atoms. The molecule has 1 aliphatic rings. The maximum absolute atomic E-state index is 13.6. The Balaban J connectivity index is 1.94. The molecule has 0 aromatic heterocycles. The molecule has 0 aliphatic carbocycles. The zero-order valence-electron chi connectivity index (χ0n) is 15.8. The number of anilines is 1. The van der Waals surface area contributed by atoms with Crippen molar-refractivity contribution in [3.63, 3.8) is 0 Å². The highest BCUT2D eigenvalue weighted by Gasteiger charge is 2.27. The molecular formula is C17H22BrFN4O5. The molecule has 1 aromatic carbocycles. The molecule has 0 bridgehead atoms. The Morgan fingerprint density at radius 2 is 1.89 bits per heavy atom. The van der Waals surface area contributed by atoms with Gasteiger partial charge < -0.3 is 19.9 Å². The molecule has 0 spiro atoms. The van der Waals surface area contributed by atoms with E-state index in [0.29, 0.717) is 26.2 Å². The number of nitro groups is 1. The van der Waals surface area contributed by atoms with Gasteiger partial charge in [-0.2, -0.15) is 0 Å². The molecule has 2 rings (SSSR count). The maximum atomic E-state index is 13.6.